The Balaban J connectivity index is 2.17. The van der Waals surface area contributed by atoms with Crippen LogP contribution in [0.1, 0.15) is 31.4 Å². The first-order chi connectivity index (χ1) is 7.58. The number of rotatable bonds is 2. The molecular weight excluding hydrogens is 214 g/mol. The van der Waals surface area contributed by atoms with Crippen molar-refractivity contribution in [3.05, 3.63) is 35.4 Å². The largest absolute Gasteiger partial charge is 0.386 e. The molecule has 4 heteroatoms. The van der Waals surface area contributed by atoms with Crippen molar-refractivity contribution in [1.82, 2.24) is 0 Å². The van der Waals surface area contributed by atoms with Crippen molar-refractivity contribution < 1.29 is 18.6 Å². The summed E-state index contributed by atoms with van der Waals surface area (Å²) in [6, 6.07) is 3.18. The molecule has 2 nitrogen and oxygen atoms in total. The molecule has 1 fully saturated rings. The van der Waals surface area contributed by atoms with Gasteiger partial charge in [0.2, 0.25) is 0 Å². The van der Waals surface area contributed by atoms with Gasteiger partial charge in [0.25, 0.3) is 0 Å². The van der Waals surface area contributed by atoms with Crippen LogP contribution in [-0.4, -0.2) is 17.3 Å². The van der Waals surface area contributed by atoms with Gasteiger partial charge in [0.15, 0.2) is 0 Å². The Hall–Kier alpha value is -1.00. The van der Waals surface area contributed by atoms with Gasteiger partial charge >= 0.3 is 0 Å². The molecule has 0 saturated carbocycles. The van der Waals surface area contributed by atoms with Crippen molar-refractivity contribution in [2.75, 3.05) is 0 Å². The minimum absolute atomic E-state index is 0.0863. The molecular formula is C12H14F2O2. The van der Waals surface area contributed by atoms with Gasteiger partial charge in [-0.05, 0) is 25.8 Å². The smallest absolute Gasteiger partial charge is 0.132 e. The van der Waals surface area contributed by atoms with Crippen molar-refractivity contribution in [1.29, 1.82) is 0 Å². The van der Waals surface area contributed by atoms with Crippen LogP contribution in [0.2, 0.25) is 0 Å². The lowest BCUT2D eigenvalue weighted by Crippen LogP contribution is -2.19. The van der Waals surface area contributed by atoms with Crippen LogP contribution in [0, 0.1) is 11.6 Å². The van der Waals surface area contributed by atoms with Crippen molar-refractivity contribution in [3.8, 4) is 0 Å². The highest BCUT2D eigenvalue weighted by atomic mass is 19.1. The molecule has 1 heterocycles. The van der Waals surface area contributed by atoms with Crippen LogP contribution in [0.4, 0.5) is 8.78 Å². The van der Waals surface area contributed by atoms with Crippen molar-refractivity contribution in [2.24, 2.45) is 0 Å². The van der Waals surface area contributed by atoms with Gasteiger partial charge in [0.1, 0.15) is 17.7 Å². The number of aliphatic hydroxyl groups excluding tert-OH is 1. The summed E-state index contributed by atoms with van der Waals surface area (Å²) in [6.45, 7) is 1.91. The molecule has 0 aromatic heterocycles. The molecule has 2 rings (SSSR count). The summed E-state index contributed by atoms with van der Waals surface area (Å²) < 4.78 is 31.5. The first-order valence-corrected chi connectivity index (χ1v) is 5.36. The number of aliphatic hydroxyl groups is 1. The molecule has 3 unspecified atom stereocenters. The lowest BCUT2D eigenvalue weighted by molar-refractivity contribution is -0.0310. The van der Waals surface area contributed by atoms with E-state index in [4.69, 9.17) is 4.74 Å². The molecule has 1 saturated heterocycles. The van der Waals surface area contributed by atoms with Gasteiger partial charge < -0.3 is 9.84 Å². The summed E-state index contributed by atoms with van der Waals surface area (Å²) in [5.41, 5.74) is 0.0977. The van der Waals surface area contributed by atoms with E-state index in [1.165, 1.54) is 6.07 Å². The second kappa shape index (κ2) is 4.47. The number of ether oxygens (including phenoxy) is 1. The number of hydrogen-bond donors (Lipinski definition) is 1. The maximum Gasteiger partial charge on any atom is 0.132 e. The van der Waals surface area contributed by atoms with Gasteiger partial charge in [-0.1, -0.05) is 6.07 Å². The Kier molecular flexibility index (Phi) is 3.21. The molecule has 1 aromatic carbocycles. The standard InChI is InChI=1S/C12H14F2O2/c1-7-2-5-11(16-7)12(15)9-4-3-8(13)6-10(9)14/h3-4,6-7,11-12,15H,2,5H2,1H3. The van der Waals surface area contributed by atoms with Crippen molar-refractivity contribution in [2.45, 2.75) is 38.1 Å². The highest BCUT2D eigenvalue weighted by Gasteiger charge is 2.30. The highest BCUT2D eigenvalue weighted by molar-refractivity contribution is 5.22. The second-order valence-electron chi connectivity index (χ2n) is 4.17. The van der Waals surface area contributed by atoms with E-state index in [0.717, 1.165) is 18.6 Å². The predicted octanol–water partition coefficient (Wildman–Crippen LogP) is 2.57. The first-order valence-electron chi connectivity index (χ1n) is 5.36. The molecule has 1 aliphatic heterocycles. The molecule has 0 aliphatic carbocycles. The Labute approximate surface area is 92.9 Å². The molecule has 0 radical (unpaired) electrons. The highest BCUT2D eigenvalue weighted by Crippen LogP contribution is 2.31. The van der Waals surface area contributed by atoms with Crippen LogP contribution < -0.4 is 0 Å². The summed E-state index contributed by atoms with van der Waals surface area (Å²) >= 11 is 0. The predicted molar refractivity (Wildman–Crippen MR) is 54.9 cm³/mol. The zero-order valence-electron chi connectivity index (χ0n) is 8.99. The summed E-state index contributed by atoms with van der Waals surface area (Å²) in [7, 11) is 0. The minimum atomic E-state index is -1.02. The van der Waals surface area contributed by atoms with Gasteiger partial charge in [0.05, 0.1) is 12.2 Å². The monoisotopic (exact) mass is 228 g/mol. The van der Waals surface area contributed by atoms with E-state index in [1.54, 1.807) is 0 Å². The van der Waals surface area contributed by atoms with E-state index in [0.29, 0.717) is 6.42 Å². The number of halogens is 2. The van der Waals surface area contributed by atoms with Crippen molar-refractivity contribution >= 4 is 0 Å². The number of benzene rings is 1. The lowest BCUT2D eigenvalue weighted by Gasteiger charge is -2.19. The maximum atomic E-state index is 13.4. The Morgan fingerprint density at radius 3 is 2.69 bits per heavy atom. The third kappa shape index (κ3) is 2.23. The Bertz CT molecular complexity index is 381. The normalized spacial score (nSPS) is 27.0. The van der Waals surface area contributed by atoms with E-state index in [1.807, 2.05) is 6.92 Å². The van der Waals surface area contributed by atoms with Gasteiger partial charge in [0, 0.05) is 11.6 Å². The topological polar surface area (TPSA) is 29.5 Å². The third-order valence-electron chi connectivity index (χ3n) is 2.90. The van der Waals surface area contributed by atoms with E-state index in [9.17, 15) is 13.9 Å². The van der Waals surface area contributed by atoms with Crippen LogP contribution in [0.15, 0.2) is 18.2 Å². The molecule has 1 aromatic rings. The van der Waals surface area contributed by atoms with Gasteiger partial charge in [-0.15, -0.1) is 0 Å². The second-order valence-corrected chi connectivity index (χ2v) is 4.17. The van der Waals surface area contributed by atoms with Crippen LogP contribution in [0.5, 0.6) is 0 Å². The molecule has 3 atom stereocenters. The molecule has 1 N–H and O–H groups in total. The summed E-state index contributed by atoms with van der Waals surface area (Å²) in [5, 5.41) is 9.92. The van der Waals surface area contributed by atoms with Crippen LogP contribution >= 0.6 is 0 Å². The summed E-state index contributed by atoms with van der Waals surface area (Å²) in [5.74, 6) is -1.37. The van der Waals surface area contributed by atoms with Crippen LogP contribution in [0.25, 0.3) is 0 Å². The van der Waals surface area contributed by atoms with Gasteiger partial charge in [-0.25, -0.2) is 8.78 Å². The van der Waals surface area contributed by atoms with Crippen LogP contribution in [-0.2, 0) is 4.74 Å². The quantitative estimate of drug-likeness (QED) is 0.843. The fourth-order valence-electron chi connectivity index (χ4n) is 2.01. The molecule has 0 amide bonds. The van der Waals surface area contributed by atoms with E-state index >= 15 is 0 Å². The van der Waals surface area contributed by atoms with Crippen molar-refractivity contribution in [3.63, 3.8) is 0 Å². The first kappa shape index (κ1) is 11.5. The Morgan fingerprint density at radius 1 is 1.38 bits per heavy atom. The zero-order valence-corrected chi connectivity index (χ0v) is 8.99. The molecule has 1 aliphatic rings. The molecule has 16 heavy (non-hydrogen) atoms. The van der Waals surface area contributed by atoms with Crippen LogP contribution in [0.3, 0.4) is 0 Å². The fourth-order valence-corrected chi connectivity index (χ4v) is 2.01. The average Bonchev–Trinajstić information content (AvgIpc) is 2.64. The molecule has 0 bridgehead atoms. The maximum absolute atomic E-state index is 13.4. The van der Waals surface area contributed by atoms with Gasteiger partial charge in [-0.2, -0.15) is 0 Å². The van der Waals surface area contributed by atoms with Gasteiger partial charge in [-0.3, -0.25) is 0 Å². The summed E-state index contributed by atoms with van der Waals surface area (Å²) in [6.07, 6.45) is 0.215. The Morgan fingerprint density at radius 2 is 2.12 bits per heavy atom. The third-order valence-corrected chi connectivity index (χ3v) is 2.90. The summed E-state index contributed by atoms with van der Waals surface area (Å²) in [4.78, 5) is 0. The zero-order chi connectivity index (χ0) is 11.7. The molecule has 0 spiro atoms. The molecule has 88 valence electrons. The average molecular weight is 228 g/mol. The van der Waals surface area contributed by atoms with E-state index < -0.39 is 23.8 Å². The lowest BCUT2D eigenvalue weighted by atomic mass is 10.0. The van der Waals surface area contributed by atoms with E-state index in [2.05, 4.69) is 0 Å². The SMILES string of the molecule is CC1CCC(C(O)c2ccc(F)cc2F)O1. The minimum Gasteiger partial charge on any atom is -0.386 e. The van der Waals surface area contributed by atoms with E-state index in [-0.39, 0.29) is 11.7 Å². The number of hydrogen-bond acceptors (Lipinski definition) is 2. The fraction of sp³-hybridized carbons (Fsp3) is 0.500.